The molecule has 1 saturated heterocycles. The summed E-state index contributed by atoms with van der Waals surface area (Å²) in [6.45, 7) is 2.96. The van der Waals surface area contributed by atoms with Crippen LogP contribution in [0, 0.1) is 5.92 Å². The molecule has 0 radical (unpaired) electrons. The van der Waals surface area contributed by atoms with E-state index in [1.165, 1.54) is 5.56 Å². The van der Waals surface area contributed by atoms with E-state index < -0.39 is 0 Å². The van der Waals surface area contributed by atoms with Crippen molar-refractivity contribution in [1.82, 2.24) is 5.32 Å². The van der Waals surface area contributed by atoms with E-state index in [0.717, 1.165) is 31.6 Å². The van der Waals surface area contributed by atoms with Crippen LogP contribution in [-0.4, -0.2) is 30.9 Å². The quantitative estimate of drug-likeness (QED) is 0.857. The van der Waals surface area contributed by atoms with E-state index >= 15 is 0 Å². The highest BCUT2D eigenvalue weighted by atomic mass is 16.5. The fourth-order valence-corrected chi connectivity index (χ4v) is 2.79. The van der Waals surface area contributed by atoms with Crippen LogP contribution in [-0.2, 0) is 6.42 Å². The predicted octanol–water partition coefficient (Wildman–Crippen LogP) is 1.99. The van der Waals surface area contributed by atoms with E-state index in [4.69, 9.17) is 4.74 Å². The lowest BCUT2D eigenvalue weighted by atomic mass is 9.83. The highest BCUT2D eigenvalue weighted by Gasteiger charge is 2.28. The maximum absolute atomic E-state index is 9.85. The number of methoxy groups -OCH3 is 1. The van der Waals surface area contributed by atoms with Crippen molar-refractivity contribution in [1.29, 1.82) is 0 Å². The number of aliphatic hydroxyl groups is 1. The summed E-state index contributed by atoms with van der Waals surface area (Å²) in [7, 11) is 1.68. The SMILES string of the molecule is COc1ccc(CC2NCCCC2C(C)O)cc1. The van der Waals surface area contributed by atoms with Gasteiger partial charge in [0, 0.05) is 12.0 Å². The first kappa shape index (κ1) is 13.4. The molecule has 3 heteroatoms. The van der Waals surface area contributed by atoms with Gasteiger partial charge in [0.25, 0.3) is 0 Å². The summed E-state index contributed by atoms with van der Waals surface area (Å²) in [5.74, 6) is 1.25. The number of ether oxygens (including phenoxy) is 1. The maximum atomic E-state index is 9.85. The third-order valence-electron chi connectivity index (χ3n) is 3.87. The average Bonchev–Trinajstić information content (AvgIpc) is 2.40. The van der Waals surface area contributed by atoms with Crippen LogP contribution in [0.2, 0.25) is 0 Å². The number of nitrogens with one attached hydrogen (secondary N) is 1. The Kier molecular flexibility index (Phi) is 4.61. The molecular weight excluding hydrogens is 226 g/mol. The number of hydrogen-bond donors (Lipinski definition) is 2. The minimum Gasteiger partial charge on any atom is -0.497 e. The van der Waals surface area contributed by atoms with Crippen molar-refractivity contribution in [3.05, 3.63) is 29.8 Å². The molecule has 0 amide bonds. The van der Waals surface area contributed by atoms with Crippen LogP contribution in [0.15, 0.2) is 24.3 Å². The molecular formula is C15H23NO2. The second kappa shape index (κ2) is 6.21. The van der Waals surface area contributed by atoms with Crippen LogP contribution in [0.3, 0.4) is 0 Å². The Balaban J connectivity index is 2.01. The van der Waals surface area contributed by atoms with Crippen molar-refractivity contribution in [2.75, 3.05) is 13.7 Å². The van der Waals surface area contributed by atoms with E-state index in [9.17, 15) is 5.11 Å². The minimum absolute atomic E-state index is 0.235. The molecule has 2 N–H and O–H groups in total. The number of hydrogen-bond acceptors (Lipinski definition) is 3. The molecule has 1 aliphatic rings. The molecule has 1 fully saturated rings. The van der Waals surface area contributed by atoms with E-state index in [1.54, 1.807) is 7.11 Å². The monoisotopic (exact) mass is 249 g/mol. The van der Waals surface area contributed by atoms with Crippen LogP contribution >= 0.6 is 0 Å². The van der Waals surface area contributed by atoms with Gasteiger partial charge in [-0.1, -0.05) is 12.1 Å². The lowest BCUT2D eigenvalue weighted by molar-refractivity contribution is 0.0800. The molecule has 0 bridgehead atoms. The minimum atomic E-state index is -0.235. The third-order valence-corrected chi connectivity index (χ3v) is 3.87. The molecule has 3 atom stereocenters. The first-order valence-electron chi connectivity index (χ1n) is 6.75. The first-order valence-corrected chi connectivity index (χ1v) is 6.75. The normalized spacial score (nSPS) is 25.7. The van der Waals surface area contributed by atoms with Gasteiger partial charge >= 0.3 is 0 Å². The first-order chi connectivity index (χ1) is 8.70. The predicted molar refractivity (Wildman–Crippen MR) is 72.9 cm³/mol. The third kappa shape index (κ3) is 3.24. The van der Waals surface area contributed by atoms with Crippen LogP contribution < -0.4 is 10.1 Å². The summed E-state index contributed by atoms with van der Waals surface area (Å²) in [4.78, 5) is 0. The molecule has 18 heavy (non-hydrogen) atoms. The number of benzene rings is 1. The molecule has 0 aliphatic carbocycles. The summed E-state index contributed by atoms with van der Waals surface area (Å²) < 4.78 is 5.16. The Morgan fingerprint density at radius 2 is 2.11 bits per heavy atom. The zero-order valence-electron chi connectivity index (χ0n) is 11.2. The molecule has 3 unspecified atom stereocenters. The summed E-state index contributed by atoms with van der Waals surface area (Å²) in [5.41, 5.74) is 1.29. The maximum Gasteiger partial charge on any atom is 0.118 e. The summed E-state index contributed by atoms with van der Waals surface area (Å²) >= 11 is 0. The van der Waals surface area contributed by atoms with Gasteiger partial charge in [-0.25, -0.2) is 0 Å². The van der Waals surface area contributed by atoms with Gasteiger partial charge in [-0.15, -0.1) is 0 Å². The second-order valence-corrected chi connectivity index (χ2v) is 5.16. The molecule has 1 heterocycles. The molecule has 0 saturated carbocycles. The molecule has 1 aromatic carbocycles. The molecule has 0 aromatic heterocycles. The highest BCUT2D eigenvalue weighted by molar-refractivity contribution is 5.27. The topological polar surface area (TPSA) is 41.5 Å². The van der Waals surface area contributed by atoms with E-state index in [2.05, 4.69) is 17.4 Å². The smallest absolute Gasteiger partial charge is 0.118 e. The molecule has 1 aliphatic heterocycles. The van der Waals surface area contributed by atoms with Gasteiger partial charge in [-0.05, 0) is 50.4 Å². The number of piperidine rings is 1. The van der Waals surface area contributed by atoms with Gasteiger partial charge in [-0.3, -0.25) is 0 Å². The number of rotatable bonds is 4. The van der Waals surface area contributed by atoms with E-state index in [-0.39, 0.29) is 6.10 Å². The molecule has 1 aromatic rings. The number of aliphatic hydroxyl groups excluding tert-OH is 1. The van der Waals surface area contributed by atoms with Crippen molar-refractivity contribution in [3.63, 3.8) is 0 Å². The van der Waals surface area contributed by atoms with Gasteiger partial charge in [0.05, 0.1) is 13.2 Å². The fraction of sp³-hybridized carbons (Fsp3) is 0.600. The Morgan fingerprint density at radius 1 is 1.39 bits per heavy atom. The molecule has 100 valence electrons. The van der Waals surface area contributed by atoms with Crippen molar-refractivity contribution in [3.8, 4) is 5.75 Å². The zero-order valence-corrected chi connectivity index (χ0v) is 11.2. The van der Waals surface area contributed by atoms with Crippen LogP contribution in [0.1, 0.15) is 25.3 Å². The van der Waals surface area contributed by atoms with Gasteiger partial charge in [0.15, 0.2) is 0 Å². The molecule has 2 rings (SSSR count). The van der Waals surface area contributed by atoms with Gasteiger partial charge in [-0.2, -0.15) is 0 Å². The van der Waals surface area contributed by atoms with Crippen LogP contribution in [0.4, 0.5) is 0 Å². The van der Waals surface area contributed by atoms with Crippen LogP contribution in [0.5, 0.6) is 5.75 Å². The Bertz CT molecular complexity index is 361. The second-order valence-electron chi connectivity index (χ2n) is 5.16. The van der Waals surface area contributed by atoms with Gasteiger partial charge in [0.2, 0.25) is 0 Å². The summed E-state index contributed by atoms with van der Waals surface area (Å²) in [5, 5.41) is 13.4. The zero-order chi connectivity index (χ0) is 13.0. The largest absolute Gasteiger partial charge is 0.497 e. The van der Waals surface area contributed by atoms with Crippen molar-refractivity contribution >= 4 is 0 Å². The van der Waals surface area contributed by atoms with E-state index in [1.807, 2.05) is 19.1 Å². The molecule has 3 nitrogen and oxygen atoms in total. The lowest BCUT2D eigenvalue weighted by Gasteiger charge is -2.34. The van der Waals surface area contributed by atoms with Crippen molar-refractivity contribution in [2.24, 2.45) is 5.92 Å². The fourth-order valence-electron chi connectivity index (χ4n) is 2.79. The lowest BCUT2D eigenvalue weighted by Crippen LogP contribution is -2.46. The van der Waals surface area contributed by atoms with Gasteiger partial charge in [0.1, 0.15) is 5.75 Å². The van der Waals surface area contributed by atoms with Crippen molar-refractivity contribution < 1.29 is 9.84 Å². The van der Waals surface area contributed by atoms with Crippen molar-refractivity contribution in [2.45, 2.75) is 38.3 Å². The molecule has 0 spiro atoms. The summed E-state index contributed by atoms with van der Waals surface area (Å²) in [6.07, 6.45) is 3.01. The van der Waals surface area contributed by atoms with Crippen LogP contribution in [0.25, 0.3) is 0 Å². The Hall–Kier alpha value is -1.06. The van der Waals surface area contributed by atoms with Gasteiger partial charge < -0.3 is 15.2 Å². The average molecular weight is 249 g/mol. The Labute approximate surface area is 109 Å². The Morgan fingerprint density at radius 3 is 2.72 bits per heavy atom. The summed E-state index contributed by atoms with van der Waals surface area (Å²) in [6, 6.07) is 8.58. The van der Waals surface area contributed by atoms with E-state index in [0.29, 0.717) is 12.0 Å². The highest BCUT2D eigenvalue weighted by Crippen LogP contribution is 2.23. The standard InChI is InChI=1S/C15H23NO2/c1-11(17)14-4-3-9-16-15(14)10-12-5-7-13(18-2)8-6-12/h5-8,11,14-17H,3-4,9-10H2,1-2H3.